The molecule has 3 aliphatic rings. The summed E-state index contributed by atoms with van der Waals surface area (Å²) in [5, 5.41) is 9.99. The van der Waals surface area contributed by atoms with Crippen LogP contribution in [0.15, 0.2) is 64.3 Å². The molecule has 19 nitrogen and oxygen atoms in total. The predicted molar refractivity (Wildman–Crippen MR) is 277 cm³/mol. The van der Waals surface area contributed by atoms with Crippen molar-refractivity contribution < 1.29 is 76.0 Å². The van der Waals surface area contributed by atoms with E-state index < -0.39 is 67.2 Å². The number of carbonyl (C=O) groups is 6. The lowest BCUT2D eigenvalue weighted by Gasteiger charge is -2.29. The molecule has 74 heavy (non-hydrogen) atoms. The SMILES string of the molecule is CC1(C)OC(c2ccco2)CN1C(=O)C(Cl)Cl.CCCCCOC(=O)COc1cc(N2C(=O)C3=C(CCCC3)C2=O)c(F)cc1Cl.CCOCN(C(=O)CCl)c1c(C)cccc1CC.O=C(O)CNCP(=O)(O)O. The number of unbranched alkanes of at least 4 members (excludes halogenated alkanes) is 2. The molecular weight excluding hydrogens is 1080 g/mol. The minimum absolute atomic E-state index is 0.000883. The third kappa shape index (κ3) is 19.2. The van der Waals surface area contributed by atoms with Gasteiger partial charge in [0, 0.05) is 23.8 Å². The Morgan fingerprint density at radius 3 is 2.22 bits per heavy atom. The highest BCUT2D eigenvalue weighted by atomic mass is 35.5. The van der Waals surface area contributed by atoms with Gasteiger partial charge in [0.2, 0.25) is 5.91 Å². The third-order valence-corrected chi connectivity index (χ3v) is 12.7. The first-order valence-corrected chi connectivity index (χ1v) is 27.2. The first-order chi connectivity index (χ1) is 34.9. The number of ether oxygens (including phenoxy) is 4. The summed E-state index contributed by atoms with van der Waals surface area (Å²) in [5.41, 5.74) is 3.06. The van der Waals surface area contributed by atoms with Gasteiger partial charge in [0.25, 0.3) is 17.7 Å². The molecular formula is C49H64Cl4FN4O15P. The summed E-state index contributed by atoms with van der Waals surface area (Å²) in [6.45, 7) is 12.3. The van der Waals surface area contributed by atoms with Gasteiger partial charge < -0.3 is 43.2 Å². The molecule has 410 valence electrons. The van der Waals surface area contributed by atoms with Gasteiger partial charge in [-0.2, -0.15) is 0 Å². The molecule has 1 unspecified atom stereocenters. The molecule has 0 spiro atoms. The number of halogens is 5. The number of nitrogens with one attached hydrogen (secondary N) is 1. The third-order valence-electron chi connectivity index (χ3n) is 11.1. The number of benzene rings is 2. The normalized spacial score (nSPS) is 15.8. The predicted octanol–water partition coefficient (Wildman–Crippen LogP) is 8.97. The number of anilines is 2. The van der Waals surface area contributed by atoms with Crippen LogP contribution in [0.1, 0.15) is 103 Å². The fraction of sp³-hybridized carbons (Fsp3) is 0.510. The van der Waals surface area contributed by atoms with Crippen LogP contribution < -0.4 is 19.9 Å². The lowest BCUT2D eigenvalue weighted by atomic mass is 9.93. The Morgan fingerprint density at radius 1 is 1.01 bits per heavy atom. The van der Waals surface area contributed by atoms with Crippen LogP contribution in [-0.4, -0.2) is 118 Å². The molecule has 1 fully saturated rings. The van der Waals surface area contributed by atoms with Crippen LogP contribution in [0.2, 0.25) is 5.02 Å². The van der Waals surface area contributed by atoms with Gasteiger partial charge in [-0.15, -0.1) is 11.6 Å². The summed E-state index contributed by atoms with van der Waals surface area (Å²) < 4.78 is 51.4. The number of carboxylic acids is 1. The summed E-state index contributed by atoms with van der Waals surface area (Å²) in [7, 11) is -4.10. The van der Waals surface area contributed by atoms with Crippen molar-refractivity contribution in [3.8, 4) is 5.75 Å². The molecule has 4 N–H and O–H groups in total. The minimum Gasteiger partial charge on any atom is -0.480 e. The fourth-order valence-corrected chi connectivity index (χ4v) is 8.61. The summed E-state index contributed by atoms with van der Waals surface area (Å²) in [6, 6.07) is 11.8. The number of nitrogens with zero attached hydrogens (tertiary/aromatic N) is 3. The largest absolute Gasteiger partial charge is 0.480 e. The molecule has 2 aliphatic heterocycles. The van der Waals surface area contributed by atoms with E-state index in [0.29, 0.717) is 49.5 Å². The molecule has 0 saturated carbocycles. The zero-order valence-electron chi connectivity index (χ0n) is 42.0. The van der Waals surface area contributed by atoms with Crippen molar-refractivity contribution in [3.05, 3.63) is 87.6 Å². The fourth-order valence-electron chi connectivity index (χ4n) is 7.62. The van der Waals surface area contributed by atoms with E-state index in [1.54, 1.807) is 31.1 Å². The van der Waals surface area contributed by atoms with E-state index in [2.05, 4.69) is 12.2 Å². The molecule has 6 rings (SSSR count). The van der Waals surface area contributed by atoms with E-state index in [1.165, 1.54) is 11.0 Å². The second-order valence-electron chi connectivity index (χ2n) is 17.0. The number of hydrogen-bond donors (Lipinski definition) is 4. The van der Waals surface area contributed by atoms with Crippen molar-refractivity contribution in [3.63, 3.8) is 0 Å². The minimum atomic E-state index is -4.10. The molecule has 3 heterocycles. The molecule has 1 saturated heterocycles. The number of hydrogen-bond acceptors (Lipinski definition) is 13. The number of rotatable bonds is 20. The average molecular weight is 1140 g/mol. The summed E-state index contributed by atoms with van der Waals surface area (Å²) >= 11 is 22.9. The molecule has 3 aromatic rings. The van der Waals surface area contributed by atoms with Crippen molar-refractivity contribution in [1.29, 1.82) is 0 Å². The zero-order chi connectivity index (χ0) is 55.3. The highest BCUT2D eigenvalue weighted by molar-refractivity contribution is 7.51. The monoisotopic (exact) mass is 1140 g/mol. The maximum absolute atomic E-state index is 14.5. The molecule has 25 heteroatoms. The van der Waals surface area contributed by atoms with Gasteiger partial charge in [-0.05, 0) is 95.5 Å². The smallest absolute Gasteiger partial charge is 0.344 e. The van der Waals surface area contributed by atoms with E-state index in [-0.39, 0.29) is 47.0 Å². The van der Waals surface area contributed by atoms with E-state index in [9.17, 15) is 37.7 Å². The number of carboxylic acid groups (broad SMARTS) is 1. The summed E-state index contributed by atoms with van der Waals surface area (Å²) in [4.78, 5) is 89.9. The van der Waals surface area contributed by atoms with Gasteiger partial charge in [0.05, 0.1) is 48.6 Å². The van der Waals surface area contributed by atoms with Gasteiger partial charge in [-0.25, -0.2) is 14.1 Å². The van der Waals surface area contributed by atoms with Crippen LogP contribution in [0, 0.1) is 12.7 Å². The van der Waals surface area contributed by atoms with E-state index in [0.717, 1.165) is 66.3 Å². The quantitative estimate of drug-likeness (QED) is 0.0206. The average Bonchev–Trinajstić information content (AvgIpc) is 4.06. The van der Waals surface area contributed by atoms with Crippen molar-refractivity contribution in [1.82, 2.24) is 10.2 Å². The summed E-state index contributed by atoms with van der Waals surface area (Å²) in [6.07, 6.45) is 6.96. The Labute approximate surface area is 449 Å². The number of furan rings is 1. The maximum atomic E-state index is 14.5. The maximum Gasteiger partial charge on any atom is 0.344 e. The Balaban J connectivity index is 0.000000279. The van der Waals surface area contributed by atoms with Crippen LogP contribution in [0.4, 0.5) is 15.8 Å². The molecule has 1 aliphatic carbocycles. The van der Waals surface area contributed by atoms with Crippen LogP contribution in [-0.2, 0) is 54.0 Å². The number of alkyl halides is 3. The Bertz CT molecular complexity index is 2450. The standard InChI is InChI=1S/C21H23ClFNO5.C14H20ClNO2.C11H13Cl2NO3.C3H8NO5P/c1-2-3-6-9-28-19(25)12-29-18-11-17(16(23)10-15(18)22)24-20(26)13-7-4-5-8-14(13)21(24)27;1-4-12-8-6-7-11(3)14(12)16(10-18-5-2)13(17)9-15;1-11(2)14(10(15)9(12)13)6-8(17-11)7-4-3-5-16-7;5-3(6)1-4-2-10(7,8)9/h10-11H,2-9,12H2,1H3;6-8H,4-5,9-10H2,1-3H3;3-5,8-9H,6H2,1-2H3;4H,1-2H2,(H,5,6)(H2,7,8,9). The van der Waals surface area contributed by atoms with Gasteiger partial charge in [-0.1, -0.05) is 79.7 Å². The lowest BCUT2D eigenvalue weighted by molar-refractivity contribution is -0.146. The van der Waals surface area contributed by atoms with Crippen LogP contribution in [0.3, 0.4) is 0 Å². The number of amides is 4. The van der Waals surface area contributed by atoms with Gasteiger partial charge in [-0.3, -0.25) is 38.8 Å². The number of aliphatic carboxylic acids is 1. The highest BCUT2D eigenvalue weighted by Gasteiger charge is 2.45. The van der Waals surface area contributed by atoms with Crippen LogP contribution >= 0.6 is 54.0 Å². The van der Waals surface area contributed by atoms with Crippen molar-refractivity contribution in [2.45, 2.75) is 110 Å². The highest BCUT2D eigenvalue weighted by Crippen LogP contribution is 2.40. The van der Waals surface area contributed by atoms with Gasteiger partial charge in [0.1, 0.15) is 41.8 Å². The van der Waals surface area contributed by atoms with Crippen molar-refractivity contribution in [2.24, 2.45) is 0 Å². The molecule has 0 bridgehead atoms. The Kier molecular flexibility index (Phi) is 26.5. The molecule has 1 atom stereocenters. The number of para-hydroxylation sites is 1. The first-order valence-electron chi connectivity index (χ1n) is 23.6. The molecule has 2 aromatic carbocycles. The Hall–Kier alpha value is -4.60. The number of esters is 1. The van der Waals surface area contributed by atoms with E-state index in [1.807, 2.05) is 45.0 Å². The second kappa shape index (κ2) is 30.8. The van der Waals surface area contributed by atoms with E-state index in [4.69, 9.17) is 84.7 Å². The number of aryl methyl sites for hydroxylation is 2. The van der Waals surface area contributed by atoms with Crippen LogP contribution in [0.5, 0.6) is 5.75 Å². The number of carbonyl (C=O) groups excluding carboxylic acids is 5. The second-order valence-corrected chi connectivity index (χ2v) is 20.5. The lowest BCUT2D eigenvalue weighted by Crippen LogP contribution is -2.45. The van der Waals surface area contributed by atoms with Gasteiger partial charge in [0.15, 0.2) is 11.4 Å². The van der Waals surface area contributed by atoms with Crippen LogP contribution in [0.25, 0.3) is 0 Å². The zero-order valence-corrected chi connectivity index (χ0v) is 45.9. The van der Waals surface area contributed by atoms with Crippen molar-refractivity contribution in [2.75, 3.05) is 61.6 Å². The number of imide groups is 1. The van der Waals surface area contributed by atoms with Crippen molar-refractivity contribution >= 4 is 101 Å². The molecule has 0 radical (unpaired) electrons. The molecule has 4 amide bonds. The van der Waals surface area contributed by atoms with E-state index >= 15 is 0 Å². The first kappa shape index (κ1) is 63.7. The summed E-state index contributed by atoms with van der Waals surface area (Å²) in [5.74, 6) is -3.38. The molecule has 1 aromatic heterocycles. The Morgan fingerprint density at radius 2 is 1.68 bits per heavy atom. The van der Waals surface area contributed by atoms with Gasteiger partial charge >= 0.3 is 19.5 Å². The topological polar surface area (TPSA) is 252 Å².